The fourth-order valence-electron chi connectivity index (χ4n) is 2.08. The lowest BCUT2D eigenvalue weighted by Gasteiger charge is -2.12. The molecule has 26 heavy (non-hydrogen) atoms. The number of rotatable bonds is 9. The second kappa shape index (κ2) is 9.98. The molecule has 1 heterocycles. The van der Waals surface area contributed by atoms with Crippen LogP contribution in [-0.4, -0.2) is 41.2 Å². The zero-order valence-corrected chi connectivity index (χ0v) is 15.9. The van der Waals surface area contributed by atoms with Crippen LogP contribution in [-0.2, 0) is 4.79 Å². The molecule has 0 saturated carbocycles. The molecule has 6 nitrogen and oxygen atoms in total. The van der Waals surface area contributed by atoms with Gasteiger partial charge in [0.15, 0.2) is 0 Å². The summed E-state index contributed by atoms with van der Waals surface area (Å²) >= 11 is 2.52. The number of carboxylic acid groups (broad SMARTS) is 1. The van der Waals surface area contributed by atoms with E-state index in [0.717, 1.165) is 11.8 Å². The van der Waals surface area contributed by atoms with Gasteiger partial charge < -0.3 is 15.7 Å². The zero-order chi connectivity index (χ0) is 18.9. The number of hydrogen-bond donors (Lipinski definition) is 3. The quantitative estimate of drug-likeness (QED) is 0.450. The van der Waals surface area contributed by atoms with E-state index < -0.39 is 11.2 Å². The van der Waals surface area contributed by atoms with E-state index in [1.807, 2.05) is 11.4 Å². The highest BCUT2D eigenvalue weighted by Crippen LogP contribution is 2.26. The topological polar surface area (TPSA) is 95.5 Å². The summed E-state index contributed by atoms with van der Waals surface area (Å²) in [7, 11) is 0. The summed E-state index contributed by atoms with van der Waals surface area (Å²) in [5.41, 5.74) is 0.452. The van der Waals surface area contributed by atoms with E-state index in [9.17, 15) is 14.4 Å². The van der Waals surface area contributed by atoms with Crippen molar-refractivity contribution >= 4 is 40.9 Å². The molecular weight excluding hydrogens is 372 g/mol. The van der Waals surface area contributed by atoms with Crippen molar-refractivity contribution in [1.29, 1.82) is 0 Å². The van der Waals surface area contributed by atoms with E-state index in [1.165, 1.54) is 11.3 Å². The number of benzene rings is 1. The smallest absolute Gasteiger partial charge is 0.316 e. The Balaban J connectivity index is 1.79. The number of nitrogens with one attached hydrogen (secondary N) is 2. The lowest BCUT2D eigenvalue weighted by Crippen LogP contribution is -2.30. The molecule has 0 fully saturated rings. The number of hydrogen-bond acceptors (Lipinski definition) is 5. The van der Waals surface area contributed by atoms with Gasteiger partial charge in [-0.15, -0.1) is 23.1 Å². The molecule has 0 radical (unpaired) electrons. The molecule has 1 unspecified atom stereocenters. The summed E-state index contributed by atoms with van der Waals surface area (Å²) in [5, 5.41) is 15.8. The summed E-state index contributed by atoms with van der Waals surface area (Å²) in [4.78, 5) is 36.4. The molecule has 138 valence electrons. The minimum absolute atomic E-state index is 0.115. The van der Waals surface area contributed by atoms with Crippen LogP contribution in [0, 0.1) is 0 Å². The highest BCUT2D eigenvalue weighted by molar-refractivity contribution is 8.00. The van der Waals surface area contributed by atoms with Crippen LogP contribution in [0.2, 0.25) is 0 Å². The Bertz CT molecular complexity index is 762. The van der Waals surface area contributed by atoms with E-state index in [1.54, 1.807) is 37.3 Å². The maximum absolute atomic E-state index is 12.3. The molecule has 0 spiro atoms. The highest BCUT2D eigenvalue weighted by Gasteiger charge is 2.17. The van der Waals surface area contributed by atoms with Gasteiger partial charge in [0.1, 0.15) is 5.25 Å². The van der Waals surface area contributed by atoms with E-state index in [-0.39, 0.29) is 11.8 Å². The van der Waals surface area contributed by atoms with Crippen LogP contribution in [0.5, 0.6) is 0 Å². The highest BCUT2D eigenvalue weighted by atomic mass is 32.2. The molecule has 1 atom stereocenters. The molecule has 2 rings (SSSR count). The summed E-state index contributed by atoms with van der Waals surface area (Å²) in [5.74, 6) is -1.29. The average Bonchev–Trinajstić information content (AvgIpc) is 3.16. The Morgan fingerprint density at radius 1 is 1.08 bits per heavy atom. The van der Waals surface area contributed by atoms with Crippen molar-refractivity contribution < 1.29 is 19.5 Å². The number of aliphatic carboxylic acids is 1. The number of amides is 2. The van der Waals surface area contributed by atoms with Gasteiger partial charge in [0, 0.05) is 18.0 Å². The van der Waals surface area contributed by atoms with Crippen molar-refractivity contribution in [1.82, 2.24) is 10.6 Å². The Labute approximate surface area is 160 Å². The second-order valence-electron chi connectivity index (χ2n) is 5.44. The molecule has 3 N–H and O–H groups in total. The summed E-state index contributed by atoms with van der Waals surface area (Å²) in [6.45, 7) is 2.46. The fourth-order valence-corrected chi connectivity index (χ4v) is 3.65. The van der Waals surface area contributed by atoms with Gasteiger partial charge >= 0.3 is 5.97 Å². The maximum Gasteiger partial charge on any atom is 0.316 e. The van der Waals surface area contributed by atoms with Crippen LogP contribution in [0.25, 0.3) is 0 Å². The predicted molar refractivity (Wildman–Crippen MR) is 103 cm³/mol. The van der Waals surface area contributed by atoms with E-state index in [0.29, 0.717) is 34.8 Å². The largest absolute Gasteiger partial charge is 0.480 e. The van der Waals surface area contributed by atoms with Gasteiger partial charge in [-0.2, -0.15) is 0 Å². The second-order valence-corrected chi connectivity index (χ2v) is 7.77. The van der Waals surface area contributed by atoms with Gasteiger partial charge in [-0.05, 0) is 36.9 Å². The lowest BCUT2D eigenvalue weighted by atomic mass is 10.2. The lowest BCUT2D eigenvalue weighted by molar-refractivity contribution is -0.136. The standard InChI is InChI=1S/C18H20N2O4S2/c1-12(18(23)24)26-14-7-3-2-6-13(14)16(21)19-9-5-10-20-17(22)15-8-4-11-25-15/h2-4,6-8,11-12H,5,9-10H2,1H3,(H,19,21)(H,20,22)(H,23,24). The summed E-state index contributed by atoms with van der Waals surface area (Å²) < 4.78 is 0. The van der Waals surface area contributed by atoms with Crippen LogP contribution in [0.3, 0.4) is 0 Å². The summed E-state index contributed by atoms with van der Waals surface area (Å²) in [6.07, 6.45) is 0.601. The van der Waals surface area contributed by atoms with Crippen molar-refractivity contribution in [2.75, 3.05) is 13.1 Å². The Morgan fingerprint density at radius 2 is 1.77 bits per heavy atom. The van der Waals surface area contributed by atoms with Crippen molar-refractivity contribution in [2.45, 2.75) is 23.5 Å². The minimum Gasteiger partial charge on any atom is -0.480 e. The molecule has 2 amide bonds. The Kier molecular flexibility index (Phi) is 7.68. The first-order chi connectivity index (χ1) is 12.5. The van der Waals surface area contributed by atoms with Crippen LogP contribution >= 0.6 is 23.1 Å². The molecule has 1 aromatic heterocycles. The van der Waals surface area contributed by atoms with E-state index >= 15 is 0 Å². The van der Waals surface area contributed by atoms with Crippen LogP contribution in [0.4, 0.5) is 0 Å². The SMILES string of the molecule is CC(Sc1ccccc1C(=O)NCCCNC(=O)c1cccs1)C(=O)O. The van der Waals surface area contributed by atoms with Crippen molar-refractivity contribution in [3.05, 3.63) is 52.2 Å². The minimum atomic E-state index is -0.924. The molecule has 8 heteroatoms. The first kappa shape index (κ1) is 20.0. The maximum atomic E-state index is 12.3. The third-order valence-corrected chi connectivity index (χ3v) is 5.49. The van der Waals surface area contributed by atoms with Gasteiger partial charge in [0.25, 0.3) is 11.8 Å². The first-order valence-corrected chi connectivity index (χ1v) is 9.83. The molecule has 0 saturated heterocycles. The predicted octanol–water partition coefficient (Wildman–Crippen LogP) is 2.86. The molecule has 0 aliphatic carbocycles. The number of carbonyl (C=O) groups excluding carboxylic acids is 2. The molecule has 2 aromatic rings. The average molecular weight is 393 g/mol. The van der Waals surface area contributed by atoms with Crippen molar-refractivity contribution in [3.63, 3.8) is 0 Å². The third-order valence-electron chi connectivity index (χ3n) is 3.45. The molecule has 1 aromatic carbocycles. The molecule has 0 bridgehead atoms. The normalized spacial score (nSPS) is 11.6. The zero-order valence-electron chi connectivity index (χ0n) is 14.2. The van der Waals surface area contributed by atoms with E-state index in [2.05, 4.69) is 10.6 Å². The van der Waals surface area contributed by atoms with Gasteiger partial charge in [0.05, 0.1) is 10.4 Å². The van der Waals surface area contributed by atoms with Crippen molar-refractivity contribution in [2.24, 2.45) is 0 Å². The van der Waals surface area contributed by atoms with E-state index in [4.69, 9.17) is 5.11 Å². The third kappa shape index (κ3) is 5.89. The number of thioether (sulfide) groups is 1. The molecule has 0 aliphatic heterocycles. The van der Waals surface area contributed by atoms with Gasteiger partial charge in [-0.1, -0.05) is 18.2 Å². The van der Waals surface area contributed by atoms with Gasteiger partial charge in [0.2, 0.25) is 0 Å². The van der Waals surface area contributed by atoms with Gasteiger partial charge in [-0.3, -0.25) is 14.4 Å². The van der Waals surface area contributed by atoms with Gasteiger partial charge in [-0.25, -0.2) is 0 Å². The van der Waals surface area contributed by atoms with Crippen LogP contribution < -0.4 is 10.6 Å². The number of carbonyl (C=O) groups is 3. The summed E-state index contributed by atoms with van der Waals surface area (Å²) in [6, 6.07) is 10.5. The monoisotopic (exact) mass is 392 g/mol. The number of thiophene rings is 1. The Morgan fingerprint density at radius 3 is 2.42 bits per heavy atom. The van der Waals surface area contributed by atoms with Crippen LogP contribution in [0.15, 0.2) is 46.7 Å². The van der Waals surface area contributed by atoms with Crippen LogP contribution in [0.1, 0.15) is 33.4 Å². The number of carboxylic acids is 1. The van der Waals surface area contributed by atoms with Crippen molar-refractivity contribution in [3.8, 4) is 0 Å². The Hall–Kier alpha value is -2.32. The molecular formula is C18H20N2O4S2. The molecule has 0 aliphatic rings. The fraction of sp³-hybridized carbons (Fsp3) is 0.278. The first-order valence-electron chi connectivity index (χ1n) is 8.07.